The fraction of sp³-hybridized carbons (Fsp3) is 0.250. The number of fused-ring (bicyclic) bond motifs is 1. The van der Waals surface area contributed by atoms with E-state index >= 15 is 0 Å². The Morgan fingerprint density at radius 3 is 3.05 bits per heavy atom. The van der Waals surface area contributed by atoms with Crippen LogP contribution in [0, 0.1) is 0 Å². The summed E-state index contributed by atoms with van der Waals surface area (Å²) < 4.78 is 32.8. The Hall–Kier alpha value is -1.90. The molecule has 2 aromatic rings. The molecule has 20 heavy (non-hydrogen) atoms. The van der Waals surface area contributed by atoms with E-state index in [0.29, 0.717) is 11.3 Å². The summed E-state index contributed by atoms with van der Waals surface area (Å²) in [6.07, 6.45) is 1.41. The summed E-state index contributed by atoms with van der Waals surface area (Å²) in [7, 11) is -3.71. The molecule has 3 rings (SSSR count). The van der Waals surface area contributed by atoms with E-state index in [1.807, 2.05) is 24.3 Å². The van der Waals surface area contributed by atoms with Gasteiger partial charge in [-0.05, 0) is 6.07 Å². The number of aromatic amines is 1. The molecule has 1 unspecified atom stereocenters. The van der Waals surface area contributed by atoms with E-state index in [0.717, 1.165) is 5.56 Å². The molecule has 0 aliphatic carbocycles. The lowest BCUT2D eigenvalue weighted by Gasteiger charge is -2.12. The molecule has 0 radical (unpaired) electrons. The Kier molecular flexibility index (Phi) is 3.20. The van der Waals surface area contributed by atoms with Crippen molar-refractivity contribution < 1.29 is 13.2 Å². The quantitative estimate of drug-likeness (QED) is 0.750. The number of sulfonamides is 1. The first-order valence-electron chi connectivity index (χ1n) is 6.08. The maximum absolute atomic E-state index is 12.3. The zero-order valence-corrected chi connectivity index (χ0v) is 11.4. The maximum atomic E-state index is 12.3. The van der Waals surface area contributed by atoms with E-state index in [9.17, 15) is 8.42 Å². The van der Waals surface area contributed by atoms with Crippen LogP contribution in [-0.4, -0.2) is 25.2 Å². The van der Waals surface area contributed by atoms with Crippen molar-refractivity contribution in [2.45, 2.75) is 17.6 Å². The Balaban J connectivity index is 1.89. The Morgan fingerprint density at radius 1 is 1.45 bits per heavy atom. The van der Waals surface area contributed by atoms with Crippen LogP contribution in [0.5, 0.6) is 5.75 Å². The molecule has 0 amide bonds. The van der Waals surface area contributed by atoms with Crippen molar-refractivity contribution in [3.05, 3.63) is 41.6 Å². The highest BCUT2D eigenvalue weighted by Gasteiger charge is 2.30. The van der Waals surface area contributed by atoms with Crippen LogP contribution in [0.2, 0.25) is 0 Å². The van der Waals surface area contributed by atoms with Crippen LogP contribution < -0.4 is 15.2 Å². The van der Waals surface area contributed by atoms with E-state index in [1.54, 1.807) is 0 Å². The number of H-pyrrole nitrogens is 1. The highest BCUT2D eigenvalue weighted by Crippen LogP contribution is 2.32. The molecule has 0 saturated carbocycles. The van der Waals surface area contributed by atoms with Crippen LogP contribution in [0.1, 0.15) is 17.2 Å². The summed E-state index contributed by atoms with van der Waals surface area (Å²) >= 11 is 0. The number of hydrogen-bond acceptors (Lipinski definition) is 5. The van der Waals surface area contributed by atoms with Gasteiger partial charge in [-0.1, -0.05) is 18.2 Å². The molecule has 106 valence electrons. The maximum Gasteiger partial charge on any atom is 0.258 e. The minimum Gasteiger partial charge on any atom is -0.491 e. The van der Waals surface area contributed by atoms with Crippen LogP contribution >= 0.6 is 0 Å². The summed E-state index contributed by atoms with van der Waals surface area (Å²) in [4.78, 5) is 0. The SMILES string of the molecule is NCc1cn[nH]c1S(=O)(=O)NC1COc2ccccc21. The Morgan fingerprint density at radius 2 is 2.25 bits per heavy atom. The smallest absolute Gasteiger partial charge is 0.258 e. The third kappa shape index (κ3) is 2.17. The number of nitrogens with one attached hydrogen (secondary N) is 2. The van der Waals surface area contributed by atoms with Gasteiger partial charge in [-0.2, -0.15) is 9.82 Å². The van der Waals surface area contributed by atoms with E-state index in [4.69, 9.17) is 10.5 Å². The van der Waals surface area contributed by atoms with E-state index in [2.05, 4.69) is 14.9 Å². The minimum absolute atomic E-state index is 0.00406. The fourth-order valence-corrected chi connectivity index (χ4v) is 3.53. The summed E-state index contributed by atoms with van der Waals surface area (Å²) in [6.45, 7) is 0.370. The number of aromatic nitrogens is 2. The molecule has 0 fully saturated rings. The highest BCUT2D eigenvalue weighted by molar-refractivity contribution is 7.89. The van der Waals surface area contributed by atoms with Crippen LogP contribution in [-0.2, 0) is 16.6 Å². The molecule has 2 heterocycles. The lowest BCUT2D eigenvalue weighted by Crippen LogP contribution is -2.30. The van der Waals surface area contributed by atoms with Gasteiger partial charge in [-0.3, -0.25) is 5.10 Å². The number of nitrogens with zero attached hydrogens (tertiary/aromatic N) is 1. The summed E-state index contributed by atoms with van der Waals surface area (Å²) in [5, 5.41) is 6.20. The summed E-state index contributed by atoms with van der Waals surface area (Å²) in [6, 6.07) is 6.93. The van der Waals surface area contributed by atoms with Gasteiger partial charge in [0.15, 0.2) is 5.03 Å². The van der Waals surface area contributed by atoms with Gasteiger partial charge in [0.25, 0.3) is 10.0 Å². The fourth-order valence-electron chi connectivity index (χ4n) is 2.18. The molecule has 1 aromatic carbocycles. The lowest BCUT2D eigenvalue weighted by molar-refractivity contribution is 0.325. The number of ether oxygens (including phenoxy) is 1. The molecule has 0 saturated heterocycles. The van der Waals surface area contributed by atoms with Gasteiger partial charge < -0.3 is 10.5 Å². The highest BCUT2D eigenvalue weighted by atomic mass is 32.2. The first-order chi connectivity index (χ1) is 9.62. The molecule has 8 heteroatoms. The monoisotopic (exact) mass is 294 g/mol. The largest absolute Gasteiger partial charge is 0.491 e. The predicted octanol–water partition coefficient (Wildman–Crippen LogP) is 0.280. The van der Waals surface area contributed by atoms with Gasteiger partial charge >= 0.3 is 0 Å². The normalized spacial score (nSPS) is 17.8. The average Bonchev–Trinajstić information content (AvgIpc) is 3.06. The van der Waals surface area contributed by atoms with E-state index in [1.165, 1.54) is 6.20 Å². The van der Waals surface area contributed by atoms with Gasteiger partial charge in [-0.15, -0.1) is 0 Å². The first-order valence-corrected chi connectivity index (χ1v) is 7.56. The molecular weight excluding hydrogens is 280 g/mol. The molecule has 0 bridgehead atoms. The molecule has 1 aliphatic heterocycles. The standard InChI is InChI=1S/C12H14N4O3S/c13-5-8-6-14-15-12(8)20(17,18)16-10-7-19-11-4-2-1-3-9(10)11/h1-4,6,10,16H,5,7,13H2,(H,14,15). The Labute approximate surface area is 116 Å². The third-order valence-corrected chi connectivity index (χ3v) is 4.65. The molecule has 1 atom stereocenters. The number of rotatable bonds is 4. The van der Waals surface area contributed by atoms with Gasteiger partial charge in [0.05, 0.1) is 12.2 Å². The second kappa shape index (κ2) is 4.89. The number of benzene rings is 1. The van der Waals surface area contributed by atoms with Gasteiger partial charge in [0.1, 0.15) is 12.4 Å². The van der Waals surface area contributed by atoms with E-state index in [-0.39, 0.29) is 18.2 Å². The Bertz CT molecular complexity index is 726. The van der Waals surface area contributed by atoms with E-state index < -0.39 is 16.1 Å². The van der Waals surface area contributed by atoms with Crippen molar-refractivity contribution in [1.29, 1.82) is 0 Å². The molecular formula is C12H14N4O3S. The number of hydrogen-bond donors (Lipinski definition) is 3. The minimum atomic E-state index is -3.71. The molecule has 1 aromatic heterocycles. The van der Waals surface area contributed by atoms with Gasteiger partial charge in [0, 0.05) is 17.7 Å². The van der Waals surface area contributed by atoms with Crippen molar-refractivity contribution >= 4 is 10.0 Å². The van der Waals surface area contributed by atoms with Crippen molar-refractivity contribution in [3.63, 3.8) is 0 Å². The molecule has 0 spiro atoms. The van der Waals surface area contributed by atoms with Crippen molar-refractivity contribution in [2.75, 3.05) is 6.61 Å². The number of nitrogens with two attached hydrogens (primary N) is 1. The van der Waals surface area contributed by atoms with Crippen LogP contribution in [0.3, 0.4) is 0 Å². The second-order valence-corrected chi connectivity index (χ2v) is 6.10. The molecule has 4 N–H and O–H groups in total. The zero-order valence-electron chi connectivity index (χ0n) is 10.5. The lowest BCUT2D eigenvalue weighted by atomic mass is 10.1. The summed E-state index contributed by atoms with van der Waals surface area (Å²) in [5.41, 5.74) is 6.77. The topological polar surface area (TPSA) is 110 Å². The van der Waals surface area contributed by atoms with Crippen molar-refractivity contribution in [3.8, 4) is 5.75 Å². The third-order valence-electron chi connectivity index (χ3n) is 3.16. The van der Waals surface area contributed by atoms with Crippen LogP contribution in [0.25, 0.3) is 0 Å². The summed E-state index contributed by atoms with van der Waals surface area (Å²) in [5.74, 6) is 0.698. The first kappa shape index (κ1) is 13.1. The van der Waals surface area contributed by atoms with Crippen molar-refractivity contribution in [2.24, 2.45) is 5.73 Å². The van der Waals surface area contributed by atoms with Crippen LogP contribution in [0.4, 0.5) is 0 Å². The molecule has 1 aliphatic rings. The van der Waals surface area contributed by atoms with Crippen molar-refractivity contribution in [1.82, 2.24) is 14.9 Å². The zero-order chi connectivity index (χ0) is 14.2. The number of para-hydroxylation sites is 1. The van der Waals surface area contributed by atoms with Gasteiger partial charge in [0.2, 0.25) is 0 Å². The second-order valence-electron chi connectivity index (χ2n) is 4.45. The van der Waals surface area contributed by atoms with Crippen LogP contribution in [0.15, 0.2) is 35.5 Å². The average molecular weight is 294 g/mol. The van der Waals surface area contributed by atoms with Gasteiger partial charge in [-0.25, -0.2) is 8.42 Å². The predicted molar refractivity (Wildman–Crippen MR) is 71.5 cm³/mol. The molecule has 7 nitrogen and oxygen atoms in total.